The minimum Gasteiger partial charge on any atom is -0.325 e. The van der Waals surface area contributed by atoms with E-state index in [0.717, 1.165) is 11.1 Å². The summed E-state index contributed by atoms with van der Waals surface area (Å²) in [4.78, 5) is 12.0. The van der Waals surface area contributed by atoms with Gasteiger partial charge in [-0.1, -0.05) is 29.8 Å². The van der Waals surface area contributed by atoms with Crippen molar-refractivity contribution in [3.8, 4) is 0 Å². The molecule has 0 aromatic heterocycles. The molecule has 0 saturated carbocycles. The van der Waals surface area contributed by atoms with E-state index in [-0.39, 0.29) is 4.90 Å². The van der Waals surface area contributed by atoms with Gasteiger partial charge in [-0.15, -0.1) is 0 Å². The van der Waals surface area contributed by atoms with Crippen LogP contribution in [0.3, 0.4) is 0 Å². The molecule has 0 unspecified atom stereocenters. The molecule has 0 saturated heterocycles. The number of hydrogen-bond donors (Lipinski definition) is 1. The number of benzene rings is 2. The third-order valence-corrected chi connectivity index (χ3v) is 4.64. The summed E-state index contributed by atoms with van der Waals surface area (Å²) in [6, 6.07) is 13.7. The summed E-state index contributed by atoms with van der Waals surface area (Å²) in [6.07, 6.45) is 0. The van der Waals surface area contributed by atoms with Gasteiger partial charge in [0.05, 0.1) is 4.90 Å². The molecule has 0 atom stereocenters. The molecule has 1 amide bonds. The highest BCUT2D eigenvalue weighted by Gasteiger charge is 2.19. The molecule has 0 spiro atoms. The summed E-state index contributed by atoms with van der Waals surface area (Å²) < 4.78 is 24.3. The molecule has 0 fully saturated rings. The number of rotatable bonds is 4. The highest BCUT2D eigenvalue weighted by atomic mass is 32.2. The Morgan fingerprint density at radius 3 is 2.29 bits per heavy atom. The molecule has 110 valence electrons. The maximum Gasteiger partial charge on any atom is 0.239 e. The number of carbonyl (C=O) groups is 1. The van der Waals surface area contributed by atoms with Crippen LogP contribution < -0.4 is 5.32 Å². The summed E-state index contributed by atoms with van der Waals surface area (Å²) >= 11 is 0. The maximum atomic E-state index is 12.2. The molecule has 21 heavy (non-hydrogen) atoms. The first-order chi connectivity index (χ1) is 9.87. The number of carbonyl (C=O) groups excluding carboxylic acids is 1. The van der Waals surface area contributed by atoms with E-state index in [1.54, 1.807) is 30.3 Å². The fourth-order valence-corrected chi connectivity index (χ4v) is 3.06. The Labute approximate surface area is 124 Å². The van der Waals surface area contributed by atoms with E-state index in [2.05, 4.69) is 5.32 Å². The van der Waals surface area contributed by atoms with Crippen LogP contribution in [0, 0.1) is 13.8 Å². The van der Waals surface area contributed by atoms with E-state index in [1.165, 1.54) is 12.1 Å². The van der Waals surface area contributed by atoms with Crippen LogP contribution in [0.2, 0.25) is 0 Å². The van der Waals surface area contributed by atoms with Crippen LogP contribution in [0.4, 0.5) is 5.69 Å². The predicted molar refractivity (Wildman–Crippen MR) is 83.0 cm³/mol. The first-order valence-electron chi connectivity index (χ1n) is 6.53. The van der Waals surface area contributed by atoms with Crippen LogP contribution in [0.1, 0.15) is 11.1 Å². The Hall–Kier alpha value is -2.14. The summed E-state index contributed by atoms with van der Waals surface area (Å²) in [5, 5.41) is 2.60. The largest absolute Gasteiger partial charge is 0.325 e. The quantitative estimate of drug-likeness (QED) is 0.944. The number of sulfone groups is 1. The molecular formula is C16H17NO3S. The highest BCUT2D eigenvalue weighted by molar-refractivity contribution is 7.92. The van der Waals surface area contributed by atoms with Gasteiger partial charge in [-0.2, -0.15) is 0 Å². The van der Waals surface area contributed by atoms with Crippen LogP contribution in [0.5, 0.6) is 0 Å². The molecule has 2 rings (SSSR count). The van der Waals surface area contributed by atoms with Gasteiger partial charge >= 0.3 is 0 Å². The van der Waals surface area contributed by atoms with Crippen molar-refractivity contribution in [2.75, 3.05) is 11.1 Å². The number of aryl methyl sites for hydroxylation is 2. The van der Waals surface area contributed by atoms with E-state index >= 15 is 0 Å². The first-order valence-corrected chi connectivity index (χ1v) is 8.18. The molecule has 5 heteroatoms. The maximum absolute atomic E-state index is 12.2. The van der Waals surface area contributed by atoms with Gasteiger partial charge in [0, 0.05) is 5.69 Å². The van der Waals surface area contributed by atoms with E-state index in [9.17, 15) is 13.2 Å². The van der Waals surface area contributed by atoms with Crippen molar-refractivity contribution in [2.45, 2.75) is 18.7 Å². The highest BCUT2D eigenvalue weighted by Crippen LogP contribution is 2.14. The van der Waals surface area contributed by atoms with Gasteiger partial charge in [0.1, 0.15) is 5.75 Å². The van der Waals surface area contributed by atoms with Gasteiger partial charge in [0.25, 0.3) is 0 Å². The van der Waals surface area contributed by atoms with Gasteiger partial charge in [-0.25, -0.2) is 8.42 Å². The lowest BCUT2D eigenvalue weighted by Gasteiger charge is -2.07. The first kappa shape index (κ1) is 15.3. The summed E-state index contributed by atoms with van der Waals surface area (Å²) in [5.74, 6) is -1.11. The Bertz CT molecular complexity index is 749. The van der Waals surface area contributed by atoms with E-state index in [1.807, 2.05) is 19.9 Å². The fourth-order valence-electron chi connectivity index (χ4n) is 1.92. The minimum absolute atomic E-state index is 0.160. The standard InChI is InChI=1S/C16H17NO3S/c1-12-6-8-15(9-7-12)21(19,20)11-16(18)17-14-5-3-4-13(2)10-14/h3-10H,11H2,1-2H3,(H,17,18). The Morgan fingerprint density at radius 2 is 1.67 bits per heavy atom. The average molecular weight is 303 g/mol. The molecular weight excluding hydrogens is 286 g/mol. The van der Waals surface area contributed by atoms with Gasteiger partial charge < -0.3 is 5.32 Å². The van der Waals surface area contributed by atoms with Crippen LogP contribution in [-0.4, -0.2) is 20.1 Å². The third kappa shape index (κ3) is 4.16. The Balaban J connectivity index is 2.09. The second kappa shape index (κ2) is 6.10. The van der Waals surface area contributed by atoms with Crippen molar-refractivity contribution < 1.29 is 13.2 Å². The zero-order valence-corrected chi connectivity index (χ0v) is 12.8. The lowest BCUT2D eigenvalue weighted by molar-refractivity contribution is -0.113. The second-order valence-corrected chi connectivity index (χ2v) is 6.98. The lowest BCUT2D eigenvalue weighted by Crippen LogP contribution is -2.23. The Morgan fingerprint density at radius 1 is 1.00 bits per heavy atom. The predicted octanol–water partition coefficient (Wildman–Crippen LogP) is 2.72. The van der Waals surface area contributed by atoms with E-state index in [4.69, 9.17) is 0 Å². The van der Waals surface area contributed by atoms with Crippen molar-refractivity contribution in [3.63, 3.8) is 0 Å². The van der Waals surface area contributed by atoms with Gasteiger partial charge in [-0.3, -0.25) is 4.79 Å². The topological polar surface area (TPSA) is 63.2 Å². The molecule has 0 aliphatic rings. The molecule has 2 aromatic rings. The normalized spacial score (nSPS) is 11.1. The molecule has 0 aliphatic carbocycles. The van der Waals surface area contributed by atoms with E-state index < -0.39 is 21.5 Å². The monoisotopic (exact) mass is 303 g/mol. The zero-order chi connectivity index (χ0) is 15.5. The number of amides is 1. The van der Waals surface area contributed by atoms with Crippen molar-refractivity contribution in [3.05, 3.63) is 59.7 Å². The van der Waals surface area contributed by atoms with Crippen LogP contribution >= 0.6 is 0 Å². The van der Waals surface area contributed by atoms with Crippen molar-refractivity contribution in [1.29, 1.82) is 0 Å². The van der Waals surface area contributed by atoms with Crippen LogP contribution in [-0.2, 0) is 14.6 Å². The number of nitrogens with one attached hydrogen (secondary N) is 1. The van der Waals surface area contributed by atoms with Crippen LogP contribution in [0.25, 0.3) is 0 Å². The van der Waals surface area contributed by atoms with Gasteiger partial charge in [0.2, 0.25) is 5.91 Å². The van der Waals surface area contributed by atoms with Gasteiger partial charge in [0.15, 0.2) is 9.84 Å². The Kier molecular flexibility index (Phi) is 4.43. The molecule has 0 bridgehead atoms. The molecule has 0 heterocycles. The van der Waals surface area contributed by atoms with Crippen molar-refractivity contribution in [2.24, 2.45) is 0 Å². The smallest absolute Gasteiger partial charge is 0.239 e. The second-order valence-electron chi connectivity index (χ2n) is 4.99. The van der Waals surface area contributed by atoms with Crippen LogP contribution in [0.15, 0.2) is 53.4 Å². The minimum atomic E-state index is -3.62. The van der Waals surface area contributed by atoms with Crippen molar-refractivity contribution >= 4 is 21.4 Å². The zero-order valence-electron chi connectivity index (χ0n) is 12.0. The van der Waals surface area contributed by atoms with Crippen molar-refractivity contribution in [1.82, 2.24) is 0 Å². The molecule has 1 N–H and O–H groups in total. The summed E-state index contributed by atoms with van der Waals surface area (Å²) in [6.45, 7) is 3.78. The third-order valence-electron chi connectivity index (χ3n) is 3.00. The summed E-state index contributed by atoms with van der Waals surface area (Å²) in [7, 11) is -3.62. The van der Waals surface area contributed by atoms with Gasteiger partial charge in [-0.05, 0) is 43.7 Å². The average Bonchev–Trinajstić information content (AvgIpc) is 2.38. The number of hydrogen-bond acceptors (Lipinski definition) is 3. The molecule has 2 aromatic carbocycles. The molecule has 0 aliphatic heterocycles. The molecule has 0 radical (unpaired) electrons. The fraction of sp³-hybridized carbons (Fsp3) is 0.188. The molecule has 4 nitrogen and oxygen atoms in total. The number of anilines is 1. The SMILES string of the molecule is Cc1ccc(S(=O)(=O)CC(=O)Nc2cccc(C)c2)cc1. The van der Waals surface area contributed by atoms with E-state index in [0.29, 0.717) is 5.69 Å². The summed E-state index contributed by atoms with van der Waals surface area (Å²) in [5.41, 5.74) is 2.56. The lowest BCUT2D eigenvalue weighted by atomic mass is 10.2.